The molecule has 1 amide bonds. The van der Waals surface area contributed by atoms with Crippen LogP contribution in [0.3, 0.4) is 0 Å². The van der Waals surface area contributed by atoms with Crippen molar-refractivity contribution in [2.75, 3.05) is 19.8 Å². The van der Waals surface area contributed by atoms with Crippen molar-refractivity contribution in [1.29, 1.82) is 0 Å². The van der Waals surface area contributed by atoms with E-state index in [0.29, 0.717) is 12.8 Å². The Kier molecular flexibility index (Phi) is 32.2. The lowest BCUT2D eigenvalue weighted by molar-refractivity contribution is -0.147. The Balaban J connectivity index is 3.98. The van der Waals surface area contributed by atoms with Crippen LogP contribution in [-0.4, -0.2) is 64.9 Å². The van der Waals surface area contributed by atoms with E-state index in [1.54, 1.807) is 0 Å². The molecule has 0 fully saturated rings. The highest BCUT2D eigenvalue weighted by Gasteiger charge is 2.28. The van der Waals surface area contributed by atoms with Gasteiger partial charge < -0.3 is 25.2 Å². The second-order valence-electron chi connectivity index (χ2n) is 13.1. The number of aliphatic carboxylic acids is 1. The molecule has 49 heavy (non-hydrogen) atoms. The molecule has 0 rings (SSSR count). The second-order valence-corrected chi connectivity index (χ2v) is 14.6. The Labute approximate surface area is 296 Å². The number of ether oxygens (including phenoxy) is 1. The van der Waals surface area contributed by atoms with Gasteiger partial charge in [0.05, 0.1) is 13.2 Å². The molecule has 0 aliphatic carbocycles. The molecule has 0 saturated heterocycles. The molecule has 0 aliphatic heterocycles. The lowest BCUT2D eigenvalue weighted by Gasteiger charge is -2.18. The Morgan fingerprint density at radius 1 is 0.633 bits per heavy atom. The van der Waals surface area contributed by atoms with Gasteiger partial charge in [0.25, 0.3) is 0 Å². The highest BCUT2D eigenvalue weighted by Crippen LogP contribution is 2.43. The van der Waals surface area contributed by atoms with E-state index >= 15 is 0 Å². The Hall–Kier alpha value is -1.78. The van der Waals surface area contributed by atoms with Crippen molar-refractivity contribution in [1.82, 2.24) is 5.32 Å². The number of carbonyl (C=O) groups is 3. The average Bonchev–Trinajstić information content (AvgIpc) is 3.07. The van der Waals surface area contributed by atoms with E-state index in [4.69, 9.17) is 13.8 Å². The third kappa shape index (κ3) is 33.1. The number of aliphatic hydroxyl groups excluding tert-OH is 1. The van der Waals surface area contributed by atoms with Gasteiger partial charge in [-0.15, -0.1) is 0 Å². The van der Waals surface area contributed by atoms with Gasteiger partial charge in [-0.2, -0.15) is 0 Å². The van der Waals surface area contributed by atoms with Crippen LogP contribution in [0.4, 0.5) is 0 Å². The molecule has 0 saturated carbocycles. The van der Waals surface area contributed by atoms with E-state index < -0.39 is 57.6 Å². The van der Waals surface area contributed by atoms with Crippen molar-refractivity contribution in [2.45, 2.75) is 187 Å². The van der Waals surface area contributed by atoms with E-state index in [1.807, 2.05) is 0 Å². The van der Waals surface area contributed by atoms with Crippen LogP contribution in [0.5, 0.6) is 0 Å². The predicted molar refractivity (Wildman–Crippen MR) is 194 cm³/mol. The monoisotopic (exact) mass is 719 g/mol. The van der Waals surface area contributed by atoms with Crippen molar-refractivity contribution in [3.63, 3.8) is 0 Å². The fourth-order valence-corrected chi connectivity index (χ4v) is 6.02. The molecular weight excluding hydrogens is 649 g/mol. The van der Waals surface area contributed by atoms with Gasteiger partial charge in [-0.3, -0.25) is 18.6 Å². The number of carbonyl (C=O) groups excluding carboxylic acids is 2. The van der Waals surface area contributed by atoms with Crippen LogP contribution < -0.4 is 5.32 Å². The third-order valence-corrected chi connectivity index (χ3v) is 9.26. The van der Waals surface area contributed by atoms with Crippen LogP contribution in [0.2, 0.25) is 0 Å². The Morgan fingerprint density at radius 2 is 1.06 bits per heavy atom. The summed E-state index contributed by atoms with van der Waals surface area (Å²) >= 11 is 0. The lowest BCUT2D eigenvalue weighted by atomic mass is 10.1. The molecular formula is C37H70NO10P. The van der Waals surface area contributed by atoms with E-state index in [0.717, 1.165) is 57.8 Å². The van der Waals surface area contributed by atoms with Crippen LogP contribution >= 0.6 is 7.82 Å². The molecule has 4 N–H and O–H groups in total. The normalized spacial score (nSPS) is 14.0. The quantitative estimate of drug-likeness (QED) is 0.0212. The maximum Gasteiger partial charge on any atom is 0.472 e. The van der Waals surface area contributed by atoms with E-state index in [1.165, 1.54) is 77.0 Å². The smallest absolute Gasteiger partial charge is 0.472 e. The molecule has 0 heterocycles. The molecule has 0 aliphatic rings. The number of aliphatic hydroxyl groups is 1. The molecule has 0 radical (unpaired) electrons. The van der Waals surface area contributed by atoms with Crippen molar-refractivity contribution < 1.29 is 47.8 Å². The number of carboxylic acids is 1. The first kappa shape index (κ1) is 47.2. The van der Waals surface area contributed by atoms with Gasteiger partial charge >= 0.3 is 19.8 Å². The number of rotatable bonds is 36. The van der Waals surface area contributed by atoms with Crippen LogP contribution in [0.25, 0.3) is 0 Å². The first-order valence-corrected chi connectivity index (χ1v) is 20.7. The van der Waals surface area contributed by atoms with Crippen molar-refractivity contribution >= 4 is 25.7 Å². The molecule has 0 spiro atoms. The SMILES string of the molecule is CCCCCCCC/C=C\CCCCCCCC(=O)NC(COP(=O)(O)OCC(O)COC(=O)CCCCCCCCCCCC)C(=O)O. The zero-order valence-corrected chi connectivity index (χ0v) is 31.6. The zero-order valence-electron chi connectivity index (χ0n) is 30.8. The molecule has 3 atom stereocenters. The maximum absolute atomic E-state index is 12.2. The maximum atomic E-state index is 12.2. The van der Waals surface area contributed by atoms with Crippen LogP contribution in [0, 0.1) is 0 Å². The lowest BCUT2D eigenvalue weighted by Crippen LogP contribution is -2.43. The van der Waals surface area contributed by atoms with Crippen LogP contribution in [0.15, 0.2) is 12.2 Å². The molecule has 11 nitrogen and oxygen atoms in total. The largest absolute Gasteiger partial charge is 0.480 e. The molecule has 0 aromatic rings. The topological polar surface area (TPSA) is 169 Å². The summed E-state index contributed by atoms with van der Waals surface area (Å²) < 4.78 is 26.7. The number of allylic oxidation sites excluding steroid dienone is 2. The molecule has 0 aromatic carbocycles. The summed E-state index contributed by atoms with van der Waals surface area (Å²) in [5.41, 5.74) is 0. The number of phosphoric acid groups is 1. The number of amides is 1. The van der Waals surface area contributed by atoms with Gasteiger partial charge in [0.1, 0.15) is 12.7 Å². The number of nitrogens with one attached hydrogen (secondary N) is 1. The Bertz CT molecular complexity index is 900. The van der Waals surface area contributed by atoms with Gasteiger partial charge in [0.2, 0.25) is 5.91 Å². The first-order valence-electron chi connectivity index (χ1n) is 19.2. The summed E-state index contributed by atoms with van der Waals surface area (Å²) in [5, 5.41) is 21.7. The van der Waals surface area contributed by atoms with Crippen LogP contribution in [-0.2, 0) is 32.7 Å². The van der Waals surface area contributed by atoms with Crippen LogP contribution in [0.1, 0.15) is 174 Å². The molecule has 288 valence electrons. The minimum Gasteiger partial charge on any atom is -0.480 e. The first-order chi connectivity index (χ1) is 23.6. The molecule has 3 unspecified atom stereocenters. The van der Waals surface area contributed by atoms with E-state index in [9.17, 15) is 34.1 Å². The van der Waals surface area contributed by atoms with Gasteiger partial charge in [0, 0.05) is 12.8 Å². The number of unbranched alkanes of at least 4 members (excludes halogenated alkanes) is 20. The minimum absolute atomic E-state index is 0.138. The summed E-state index contributed by atoms with van der Waals surface area (Å²) in [4.78, 5) is 45.6. The van der Waals surface area contributed by atoms with Gasteiger partial charge in [-0.1, -0.05) is 135 Å². The minimum atomic E-state index is -4.74. The van der Waals surface area contributed by atoms with Crippen molar-refractivity contribution in [2.24, 2.45) is 0 Å². The highest BCUT2D eigenvalue weighted by atomic mass is 31.2. The fourth-order valence-electron chi connectivity index (χ4n) is 5.25. The summed E-state index contributed by atoms with van der Waals surface area (Å²) in [6.45, 7) is 2.55. The van der Waals surface area contributed by atoms with Gasteiger partial charge in [-0.25, -0.2) is 9.36 Å². The van der Waals surface area contributed by atoms with E-state index in [2.05, 4.69) is 31.3 Å². The number of hydrogen-bond donors (Lipinski definition) is 4. The van der Waals surface area contributed by atoms with E-state index in [-0.39, 0.29) is 12.8 Å². The molecule has 0 aromatic heterocycles. The highest BCUT2D eigenvalue weighted by molar-refractivity contribution is 7.47. The van der Waals surface area contributed by atoms with Crippen molar-refractivity contribution in [3.05, 3.63) is 12.2 Å². The summed E-state index contributed by atoms with van der Waals surface area (Å²) in [6, 6.07) is -1.55. The molecule has 0 bridgehead atoms. The zero-order chi connectivity index (χ0) is 36.4. The molecule has 12 heteroatoms. The number of esters is 1. The number of carboxylic acid groups (broad SMARTS) is 1. The standard InChI is InChI=1S/C37H70NO10P/c1-3-5-7-9-11-13-15-16-17-18-19-20-22-24-26-28-35(40)38-34(37(42)43)32-48-49(44,45)47-31-33(39)30-46-36(41)29-27-25-23-21-14-12-10-8-6-4-2/h16-17,33-34,39H,3-15,18-32H2,1-2H3,(H,38,40)(H,42,43)(H,44,45)/b17-16-. The van der Waals surface area contributed by atoms with Crippen molar-refractivity contribution in [3.8, 4) is 0 Å². The Morgan fingerprint density at radius 3 is 1.55 bits per heavy atom. The van der Waals surface area contributed by atoms with Gasteiger partial charge in [-0.05, 0) is 38.5 Å². The van der Waals surface area contributed by atoms with Gasteiger partial charge in [0.15, 0.2) is 6.04 Å². The third-order valence-electron chi connectivity index (χ3n) is 8.30. The average molecular weight is 720 g/mol. The predicted octanol–water partition coefficient (Wildman–Crippen LogP) is 8.94. The number of phosphoric ester groups is 1. The number of hydrogen-bond acceptors (Lipinski definition) is 8. The fraction of sp³-hybridized carbons (Fsp3) is 0.865. The summed E-state index contributed by atoms with van der Waals surface area (Å²) in [7, 11) is -4.74. The summed E-state index contributed by atoms with van der Waals surface area (Å²) in [6.07, 6.45) is 29.6. The second kappa shape index (κ2) is 33.4. The summed E-state index contributed by atoms with van der Waals surface area (Å²) in [5.74, 6) is -2.38.